The fraction of sp³-hybridized carbons (Fsp3) is 0.600. The van der Waals surface area contributed by atoms with Crippen molar-refractivity contribution in [3.63, 3.8) is 0 Å². The van der Waals surface area contributed by atoms with Gasteiger partial charge in [0.15, 0.2) is 0 Å². The normalized spacial score (nSPS) is 16.4. The summed E-state index contributed by atoms with van der Waals surface area (Å²) in [6.45, 7) is 3.94. The molecule has 1 fully saturated rings. The third-order valence-electron chi connectivity index (χ3n) is 3.72. The topological polar surface area (TPSA) is 24.5 Å². The number of nitrogens with zero attached hydrogens (tertiary/aromatic N) is 1. The lowest BCUT2D eigenvalue weighted by atomic mass is 10.0. The van der Waals surface area contributed by atoms with Gasteiger partial charge < -0.3 is 15.0 Å². The van der Waals surface area contributed by atoms with Gasteiger partial charge in [-0.05, 0) is 50.6 Å². The summed E-state index contributed by atoms with van der Waals surface area (Å²) >= 11 is 3.58. The zero-order chi connectivity index (χ0) is 13.8. The van der Waals surface area contributed by atoms with Gasteiger partial charge in [-0.3, -0.25) is 0 Å². The first kappa shape index (κ1) is 14.8. The molecule has 1 aromatic rings. The fourth-order valence-electron chi connectivity index (χ4n) is 2.36. The van der Waals surface area contributed by atoms with Gasteiger partial charge in [-0.25, -0.2) is 0 Å². The predicted octanol–water partition coefficient (Wildman–Crippen LogP) is 3.34. The van der Waals surface area contributed by atoms with Crippen LogP contribution in [0.15, 0.2) is 22.7 Å². The van der Waals surface area contributed by atoms with E-state index in [0.29, 0.717) is 12.1 Å². The molecule has 0 saturated heterocycles. The maximum absolute atomic E-state index is 5.26. The minimum Gasteiger partial charge on any atom is -0.383 e. The highest BCUT2D eigenvalue weighted by molar-refractivity contribution is 9.10. The van der Waals surface area contributed by atoms with Gasteiger partial charge in [0.05, 0.1) is 6.61 Å². The van der Waals surface area contributed by atoms with Crippen LogP contribution in [0.1, 0.15) is 31.4 Å². The summed E-state index contributed by atoms with van der Waals surface area (Å²) in [5.41, 5.74) is 2.68. The van der Waals surface area contributed by atoms with Crippen molar-refractivity contribution in [2.45, 2.75) is 31.8 Å². The number of benzene rings is 1. The molecule has 0 aromatic heterocycles. The summed E-state index contributed by atoms with van der Waals surface area (Å²) in [7, 11) is 3.77. The van der Waals surface area contributed by atoms with Crippen LogP contribution in [0, 0.1) is 0 Å². The van der Waals surface area contributed by atoms with Crippen molar-refractivity contribution in [1.82, 2.24) is 5.32 Å². The maximum Gasteiger partial charge on any atom is 0.0637 e. The van der Waals surface area contributed by atoms with Crippen LogP contribution in [-0.2, 0) is 4.74 Å². The molecule has 0 spiro atoms. The summed E-state index contributed by atoms with van der Waals surface area (Å²) in [6.07, 6.45) is 2.60. The van der Waals surface area contributed by atoms with E-state index >= 15 is 0 Å². The Bertz CT molecular complexity index is 421. The molecule has 1 unspecified atom stereocenters. The van der Waals surface area contributed by atoms with Crippen LogP contribution in [0.25, 0.3) is 0 Å². The Morgan fingerprint density at radius 1 is 1.47 bits per heavy atom. The van der Waals surface area contributed by atoms with Crippen molar-refractivity contribution in [1.29, 1.82) is 0 Å². The van der Waals surface area contributed by atoms with Crippen molar-refractivity contribution in [3.8, 4) is 0 Å². The molecule has 1 aliphatic rings. The second kappa shape index (κ2) is 6.73. The number of hydrogen-bond acceptors (Lipinski definition) is 3. The van der Waals surface area contributed by atoms with E-state index in [2.05, 4.69) is 51.3 Å². The highest BCUT2D eigenvalue weighted by atomic mass is 79.9. The van der Waals surface area contributed by atoms with Crippen LogP contribution >= 0.6 is 15.9 Å². The molecule has 0 bridgehead atoms. The van der Waals surface area contributed by atoms with Crippen LogP contribution < -0.4 is 10.2 Å². The molecule has 2 rings (SSSR count). The Kier molecular flexibility index (Phi) is 5.25. The van der Waals surface area contributed by atoms with Crippen molar-refractivity contribution in [3.05, 3.63) is 28.2 Å². The largest absolute Gasteiger partial charge is 0.383 e. The van der Waals surface area contributed by atoms with Gasteiger partial charge in [0.1, 0.15) is 0 Å². The number of rotatable bonds is 7. The first-order chi connectivity index (χ1) is 9.17. The molecule has 19 heavy (non-hydrogen) atoms. The number of halogens is 1. The molecule has 0 radical (unpaired) electrons. The minimum atomic E-state index is 0.344. The Balaban J connectivity index is 2.29. The number of anilines is 1. The molecule has 1 aliphatic carbocycles. The Labute approximate surface area is 124 Å². The lowest BCUT2D eigenvalue weighted by molar-refractivity contribution is 0.205. The molecule has 0 aliphatic heterocycles. The Morgan fingerprint density at radius 2 is 2.21 bits per heavy atom. The maximum atomic E-state index is 5.26. The molecule has 1 aromatic carbocycles. The molecule has 0 amide bonds. The number of methoxy groups -OCH3 is 1. The third-order valence-corrected chi connectivity index (χ3v) is 4.22. The third kappa shape index (κ3) is 3.71. The van der Waals surface area contributed by atoms with Crippen LogP contribution in [0.4, 0.5) is 5.69 Å². The van der Waals surface area contributed by atoms with E-state index in [9.17, 15) is 0 Å². The van der Waals surface area contributed by atoms with E-state index in [-0.39, 0.29) is 0 Å². The Morgan fingerprint density at radius 3 is 2.79 bits per heavy atom. The van der Waals surface area contributed by atoms with Crippen molar-refractivity contribution in [2.75, 3.05) is 32.2 Å². The second-order valence-corrected chi connectivity index (χ2v) is 6.05. The first-order valence-corrected chi connectivity index (χ1v) is 7.69. The second-order valence-electron chi connectivity index (χ2n) is 5.13. The van der Waals surface area contributed by atoms with Gasteiger partial charge >= 0.3 is 0 Å². The lowest BCUT2D eigenvalue weighted by Gasteiger charge is -2.29. The SMILES string of the molecule is CNC(C)c1cc(Br)ccc1N(CCOC)C1CC1. The van der Waals surface area contributed by atoms with E-state index in [1.165, 1.54) is 24.1 Å². The van der Waals surface area contributed by atoms with Gasteiger partial charge in [-0.1, -0.05) is 15.9 Å². The summed E-state index contributed by atoms with van der Waals surface area (Å²) in [4.78, 5) is 2.50. The quantitative estimate of drug-likeness (QED) is 0.831. The summed E-state index contributed by atoms with van der Waals surface area (Å²) < 4.78 is 6.39. The average Bonchev–Trinajstić information content (AvgIpc) is 3.24. The highest BCUT2D eigenvalue weighted by Crippen LogP contribution is 2.36. The van der Waals surface area contributed by atoms with E-state index < -0.39 is 0 Å². The minimum absolute atomic E-state index is 0.344. The predicted molar refractivity (Wildman–Crippen MR) is 83.9 cm³/mol. The molecule has 3 nitrogen and oxygen atoms in total. The molecule has 1 saturated carbocycles. The van der Waals surface area contributed by atoms with Crippen LogP contribution in [0.3, 0.4) is 0 Å². The van der Waals surface area contributed by atoms with Crippen LogP contribution in [-0.4, -0.2) is 33.4 Å². The fourth-order valence-corrected chi connectivity index (χ4v) is 2.74. The molecule has 4 heteroatoms. The molecule has 1 atom stereocenters. The first-order valence-electron chi connectivity index (χ1n) is 6.89. The summed E-state index contributed by atoms with van der Waals surface area (Å²) in [6, 6.07) is 7.61. The van der Waals surface area contributed by atoms with Gasteiger partial charge in [0, 0.05) is 35.9 Å². The monoisotopic (exact) mass is 326 g/mol. The van der Waals surface area contributed by atoms with E-state index in [1.807, 2.05) is 7.05 Å². The number of nitrogens with one attached hydrogen (secondary N) is 1. The smallest absolute Gasteiger partial charge is 0.0637 e. The highest BCUT2D eigenvalue weighted by Gasteiger charge is 2.30. The van der Waals surface area contributed by atoms with Crippen LogP contribution in [0.5, 0.6) is 0 Å². The molecular weight excluding hydrogens is 304 g/mol. The van der Waals surface area contributed by atoms with E-state index in [0.717, 1.165) is 17.6 Å². The molecule has 106 valence electrons. The summed E-state index contributed by atoms with van der Waals surface area (Å²) in [5.74, 6) is 0. The zero-order valence-corrected chi connectivity index (χ0v) is 13.5. The summed E-state index contributed by atoms with van der Waals surface area (Å²) in [5, 5.41) is 3.34. The van der Waals surface area contributed by atoms with Crippen molar-refractivity contribution >= 4 is 21.6 Å². The van der Waals surface area contributed by atoms with Crippen LogP contribution in [0.2, 0.25) is 0 Å². The van der Waals surface area contributed by atoms with Crippen molar-refractivity contribution < 1.29 is 4.74 Å². The lowest BCUT2D eigenvalue weighted by Crippen LogP contribution is -2.31. The van der Waals surface area contributed by atoms with E-state index in [1.54, 1.807) is 7.11 Å². The molecule has 1 N–H and O–H groups in total. The van der Waals surface area contributed by atoms with E-state index in [4.69, 9.17) is 4.74 Å². The number of ether oxygens (including phenoxy) is 1. The average molecular weight is 327 g/mol. The zero-order valence-electron chi connectivity index (χ0n) is 11.9. The van der Waals surface area contributed by atoms with Crippen molar-refractivity contribution in [2.24, 2.45) is 0 Å². The Hall–Kier alpha value is -0.580. The molecule has 0 heterocycles. The van der Waals surface area contributed by atoms with Gasteiger partial charge in [-0.2, -0.15) is 0 Å². The molecular formula is C15H23BrN2O. The van der Waals surface area contributed by atoms with Gasteiger partial charge in [0.2, 0.25) is 0 Å². The number of hydrogen-bond donors (Lipinski definition) is 1. The van der Waals surface area contributed by atoms with Gasteiger partial charge in [-0.15, -0.1) is 0 Å². The van der Waals surface area contributed by atoms with Gasteiger partial charge in [0.25, 0.3) is 0 Å². The standard InChI is InChI=1S/C15H23BrN2O/c1-11(17-2)14-10-12(16)4-7-15(14)18(8-9-19-3)13-5-6-13/h4,7,10-11,13,17H,5-6,8-9H2,1-3H3.